The Morgan fingerprint density at radius 3 is 2.82 bits per heavy atom. The maximum atomic E-state index is 5.56. The third kappa shape index (κ3) is 3.21. The van der Waals surface area contributed by atoms with E-state index in [0.29, 0.717) is 12.2 Å². The van der Waals surface area contributed by atoms with Crippen LogP contribution in [0.5, 0.6) is 0 Å². The molecule has 0 spiro atoms. The van der Waals surface area contributed by atoms with E-state index >= 15 is 0 Å². The fourth-order valence-corrected chi connectivity index (χ4v) is 1.18. The quantitative estimate of drug-likeness (QED) is 0.609. The minimum absolute atomic E-state index is 0.398. The lowest BCUT2D eigenvalue weighted by Crippen LogP contribution is -2.32. The Labute approximate surface area is 68.9 Å². The molecular formula is C9H18O2. The van der Waals surface area contributed by atoms with Crippen LogP contribution in [0.2, 0.25) is 0 Å². The lowest BCUT2D eigenvalue weighted by Gasteiger charge is -2.27. The highest BCUT2D eigenvalue weighted by atomic mass is 16.5. The fraction of sp³-hybridized carbons (Fsp3) is 1.00. The Balaban J connectivity index is 1.92. The second kappa shape index (κ2) is 4.73. The van der Waals surface area contributed by atoms with Crippen LogP contribution in [0.25, 0.3) is 0 Å². The first-order valence-electron chi connectivity index (χ1n) is 4.56. The molecule has 0 N–H and O–H groups in total. The van der Waals surface area contributed by atoms with Crippen molar-refractivity contribution in [2.45, 2.75) is 45.3 Å². The lowest BCUT2D eigenvalue weighted by molar-refractivity contribution is -0.107. The molecule has 0 aromatic carbocycles. The maximum Gasteiger partial charge on any atom is 0.0830 e. The predicted molar refractivity (Wildman–Crippen MR) is 44.7 cm³/mol. The summed E-state index contributed by atoms with van der Waals surface area (Å²) in [4.78, 5) is 0. The Morgan fingerprint density at radius 1 is 1.64 bits per heavy atom. The van der Waals surface area contributed by atoms with Crippen molar-refractivity contribution >= 4 is 0 Å². The Hall–Kier alpha value is -0.0800. The van der Waals surface area contributed by atoms with E-state index in [1.165, 1.54) is 12.8 Å². The smallest absolute Gasteiger partial charge is 0.0830 e. The van der Waals surface area contributed by atoms with Crippen LogP contribution in [0.15, 0.2) is 0 Å². The molecule has 0 saturated carbocycles. The average Bonchev–Trinajstić information content (AvgIpc) is 1.85. The molecule has 1 aliphatic heterocycles. The predicted octanol–water partition coefficient (Wildman–Crippen LogP) is 1.98. The van der Waals surface area contributed by atoms with Gasteiger partial charge < -0.3 is 9.47 Å². The third-order valence-electron chi connectivity index (χ3n) is 2.06. The van der Waals surface area contributed by atoms with E-state index in [-0.39, 0.29) is 0 Å². The summed E-state index contributed by atoms with van der Waals surface area (Å²) in [6.07, 6.45) is 4.34. The van der Waals surface area contributed by atoms with Crippen molar-refractivity contribution in [3.05, 3.63) is 0 Å². The minimum atomic E-state index is 0.398. The highest BCUT2D eigenvalue weighted by molar-refractivity contribution is 4.65. The van der Waals surface area contributed by atoms with Gasteiger partial charge in [-0.15, -0.1) is 0 Å². The van der Waals surface area contributed by atoms with Crippen molar-refractivity contribution in [3.63, 3.8) is 0 Å². The van der Waals surface area contributed by atoms with Gasteiger partial charge in [0.15, 0.2) is 0 Å². The zero-order valence-electron chi connectivity index (χ0n) is 7.51. The van der Waals surface area contributed by atoms with Crippen molar-refractivity contribution in [2.75, 3.05) is 13.2 Å². The van der Waals surface area contributed by atoms with Crippen molar-refractivity contribution in [1.82, 2.24) is 0 Å². The largest absolute Gasteiger partial charge is 0.376 e. The highest BCUT2D eigenvalue weighted by Crippen LogP contribution is 2.12. The van der Waals surface area contributed by atoms with Crippen LogP contribution >= 0.6 is 0 Å². The summed E-state index contributed by atoms with van der Waals surface area (Å²) >= 11 is 0. The number of hydrogen-bond donors (Lipinski definition) is 0. The SMILES string of the molecule is CCCC(C)OCC1CCO1. The molecule has 11 heavy (non-hydrogen) atoms. The van der Waals surface area contributed by atoms with E-state index in [9.17, 15) is 0 Å². The molecule has 0 bridgehead atoms. The second-order valence-corrected chi connectivity index (χ2v) is 3.21. The molecular weight excluding hydrogens is 140 g/mol. The van der Waals surface area contributed by atoms with Gasteiger partial charge in [-0.3, -0.25) is 0 Å². The summed E-state index contributed by atoms with van der Waals surface area (Å²) in [5.74, 6) is 0. The Kier molecular flexibility index (Phi) is 3.87. The monoisotopic (exact) mass is 158 g/mol. The molecule has 0 aliphatic carbocycles. The molecule has 1 saturated heterocycles. The van der Waals surface area contributed by atoms with E-state index < -0.39 is 0 Å². The van der Waals surface area contributed by atoms with Crippen LogP contribution in [0.3, 0.4) is 0 Å². The summed E-state index contributed by atoms with van der Waals surface area (Å²) in [6, 6.07) is 0. The molecule has 2 atom stereocenters. The fourth-order valence-electron chi connectivity index (χ4n) is 1.18. The van der Waals surface area contributed by atoms with Crippen molar-refractivity contribution < 1.29 is 9.47 Å². The number of ether oxygens (including phenoxy) is 2. The van der Waals surface area contributed by atoms with Crippen LogP contribution in [-0.4, -0.2) is 25.4 Å². The Bertz CT molecular complexity index is 99.7. The van der Waals surface area contributed by atoms with Gasteiger partial charge in [-0.25, -0.2) is 0 Å². The normalized spacial score (nSPS) is 26.2. The second-order valence-electron chi connectivity index (χ2n) is 3.21. The van der Waals surface area contributed by atoms with Gasteiger partial charge in [0.05, 0.1) is 18.8 Å². The molecule has 2 heteroatoms. The van der Waals surface area contributed by atoms with E-state index in [0.717, 1.165) is 19.6 Å². The van der Waals surface area contributed by atoms with Gasteiger partial charge in [0.1, 0.15) is 0 Å². The number of rotatable bonds is 5. The zero-order chi connectivity index (χ0) is 8.10. The van der Waals surface area contributed by atoms with Crippen LogP contribution in [0.1, 0.15) is 33.1 Å². The molecule has 0 radical (unpaired) electrons. The van der Waals surface area contributed by atoms with Crippen molar-refractivity contribution in [1.29, 1.82) is 0 Å². The summed E-state index contributed by atoms with van der Waals surface area (Å²) in [5.41, 5.74) is 0. The van der Waals surface area contributed by atoms with Gasteiger partial charge in [-0.05, 0) is 19.8 Å². The van der Waals surface area contributed by atoms with E-state index in [4.69, 9.17) is 9.47 Å². The lowest BCUT2D eigenvalue weighted by atomic mass is 10.2. The number of hydrogen-bond acceptors (Lipinski definition) is 2. The van der Waals surface area contributed by atoms with E-state index in [1.54, 1.807) is 0 Å². The summed E-state index contributed by atoms with van der Waals surface area (Å²) in [7, 11) is 0. The molecule has 1 heterocycles. The Morgan fingerprint density at radius 2 is 2.36 bits per heavy atom. The molecule has 1 fully saturated rings. The average molecular weight is 158 g/mol. The molecule has 0 aromatic rings. The molecule has 1 rings (SSSR count). The summed E-state index contributed by atoms with van der Waals surface area (Å²) < 4.78 is 10.8. The van der Waals surface area contributed by atoms with Crippen LogP contribution in [0.4, 0.5) is 0 Å². The van der Waals surface area contributed by atoms with Gasteiger partial charge in [0, 0.05) is 6.61 Å². The van der Waals surface area contributed by atoms with Gasteiger partial charge in [-0.2, -0.15) is 0 Å². The zero-order valence-corrected chi connectivity index (χ0v) is 7.51. The molecule has 0 amide bonds. The first-order valence-corrected chi connectivity index (χ1v) is 4.56. The summed E-state index contributed by atoms with van der Waals surface area (Å²) in [5, 5.41) is 0. The van der Waals surface area contributed by atoms with Gasteiger partial charge in [-0.1, -0.05) is 13.3 Å². The van der Waals surface area contributed by atoms with Crippen molar-refractivity contribution in [3.8, 4) is 0 Å². The summed E-state index contributed by atoms with van der Waals surface area (Å²) in [6.45, 7) is 6.03. The van der Waals surface area contributed by atoms with Gasteiger partial charge in [0.2, 0.25) is 0 Å². The molecule has 1 aliphatic rings. The molecule has 2 unspecified atom stereocenters. The minimum Gasteiger partial charge on any atom is -0.376 e. The standard InChI is InChI=1S/C9H18O2/c1-3-4-8(2)11-7-9-5-6-10-9/h8-9H,3-7H2,1-2H3. The maximum absolute atomic E-state index is 5.56. The van der Waals surface area contributed by atoms with Crippen LogP contribution in [0, 0.1) is 0 Å². The highest BCUT2D eigenvalue weighted by Gasteiger charge is 2.18. The molecule has 66 valence electrons. The van der Waals surface area contributed by atoms with Crippen LogP contribution < -0.4 is 0 Å². The van der Waals surface area contributed by atoms with Gasteiger partial charge >= 0.3 is 0 Å². The van der Waals surface area contributed by atoms with E-state index in [1.807, 2.05) is 0 Å². The van der Waals surface area contributed by atoms with Crippen LogP contribution in [-0.2, 0) is 9.47 Å². The third-order valence-corrected chi connectivity index (χ3v) is 2.06. The topological polar surface area (TPSA) is 18.5 Å². The first-order chi connectivity index (χ1) is 5.33. The van der Waals surface area contributed by atoms with E-state index in [2.05, 4.69) is 13.8 Å². The molecule has 2 nitrogen and oxygen atoms in total. The van der Waals surface area contributed by atoms with Gasteiger partial charge in [0.25, 0.3) is 0 Å². The molecule has 0 aromatic heterocycles. The van der Waals surface area contributed by atoms with Crippen molar-refractivity contribution in [2.24, 2.45) is 0 Å². The first kappa shape index (κ1) is 9.01.